The van der Waals surface area contributed by atoms with Gasteiger partial charge < -0.3 is 24.6 Å². The van der Waals surface area contributed by atoms with Crippen LogP contribution in [0.2, 0.25) is 0 Å². The summed E-state index contributed by atoms with van der Waals surface area (Å²) in [4.78, 5) is 25.7. The smallest absolute Gasteiger partial charge is 0.225 e. The Labute approximate surface area is 180 Å². The topological polar surface area (TPSA) is 94.1 Å². The SMILES string of the molecule is COc1cc([C@@H]2CC(=O)NC3=C2C(=O)C[C@@H](c2ccc(OC)c(OC)c2)C3)ccc1O. The van der Waals surface area contributed by atoms with Crippen molar-refractivity contribution in [3.05, 3.63) is 58.8 Å². The lowest BCUT2D eigenvalue weighted by molar-refractivity contribution is -0.122. The van der Waals surface area contributed by atoms with Crippen LogP contribution in [0.5, 0.6) is 23.0 Å². The Hall–Kier alpha value is -3.48. The Morgan fingerprint density at radius 2 is 1.52 bits per heavy atom. The number of amides is 1. The molecule has 0 unspecified atom stereocenters. The molecule has 7 nitrogen and oxygen atoms in total. The summed E-state index contributed by atoms with van der Waals surface area (Å²) in [5.41, 5.74) is 3.04. The van der Waals surface area contributed by atoms with Gasteiger partial charge in [-0.3, -0.25) is 9.59 Å². The van der Waals surface area contributed by atoms with E-state index < -0.39 is 0 Å². The number of phenolic OH excluding ortho intramolecular Hbond substituents is 1. The molecule has 1 aliphatic carbocycles. The molecule has 2 atom stereocenters. The molecule has 0 aromatic heterocycles. The van der Waals surface area contributed by atoms with Crippen LogP contribution in [0.15, 0.2) is 47.7 Å². The van der Waals surface area contributed by atoms with Gasteiger partial charge in [0.25, 0.3) is 0 Å². The Kier molecular flexibility index (Phi) is 5.59. The number of Topliss-reactive ketones (excluding diaryl/α,β-unsaturated/α-hetero) is 1. The van der Waals surface area contributed by atoms with Crippen molar-refractivity contribution in [1.82, 2.24) is 5.32 Å². The number of benzene rings is 2. The van der Waals surface area contributed by atoms with Crippen LogP contribution >= 0.6 is 0 Å². The zero-order valence-corrected chi connectivity index (χ0v) is 17.7. The number of allylic oxidation sites excluding steroid dienone is 2. The summed E-state index contributed by atoms with van der Waals surface area (Å²) in [6.07, 6.45) is 1.07. The van der Waals surface area contributed by atoms with Crippen molar-refractivity contribution in [3.8, 4) is 23.0 Å². The van der Waals surface area contributed by atoms with Gasteiger partial charge in [-0.05, 0) is 47.7 Å². The van der Waals surface area contributed by atoms with Crippen LogP contribution in [0.3, 0.4) is 0 Å². The minimum Gasteiger partial charge on any atom is -0.504 e. The van der Waals surface area contributed by atoms with Crippen LogP contribution in [-0.2, 0) is 9.59 Å². The number of carbonyl (C=O) groups excluding carboxylic acids is 2. The molecule has 2 aliphatic rings. The second kappa shape index (κ2) is 8.34. The highest BCUT2D eigenvalue weighted by Gasteiger charge is 2.38. The number of phenols is 1. The van der Waals surface area contributed by atoms with Gasteiger partial charge in [-0.25, -0.2) is 0 Å². The Morgan fingerprint density at radius 3 is 2.23 bits per heavy atom. The number of rotatable bonds is 5. The molecule has 0 radical (unpaired) electrons. The molecule has 0 spiro atoms. The summed E-state index contributed by atoms with van der Waals surface area (Å²) >= 11 is 0. The highest BCUT2D eigenvalue weighted by atomic mass is 16.5. The second-order valence-electron chi connectivity index (χ2n) is 7.77. The molecule has 162 valence electrons. The molecule has 0 saturated heterocycles. The maximum atomic E-state index is 13.3. The van der Waals surface area contributed by atoms with Crippen molar-refractivity contribution < 1.29 is 28.9 Å². The van der Waals surface area contributed by atoms with Crippen LogP contribution in [0.1, 0.15) is 42.2 Å². The number of methoxy groups -OCH3 is 3. The van der Waals surface area contributed by atoms with Crippen molar-refractivity contribution >= 4 is 11.7 Å². The molecule has 2 N–H and O–H groups in total. The molecular weight excluding hydrogens is 398 g/mol. The molecule has 0 bridgehead atoms. The standard InChI is InChI=1S/C24H25NO6/c1-29-20-7-5-13(10-22(20)31-3)15-8-17-24(19(27)9-15)16(12-23(28)25-17)14-4-6-18(26)21(11-14)30-2/h4-7,10-11,15-16,26H,8-9,12H2,1-3H3,(H,25,28)/t15-,16-/m0/s1. The Balaban J connectivity index is 1.70. The number of ether oxygens (including phenoxy) is 3. The van der Waals surface area contributed by atoms with Gasteiger partial charge in [0.05, 0.1) is 21.3 Å². The molecule has 1 aliphatic heterocycles. The molecule has 7 heteroatoms. The largest absolute Gasteiger partial charge is 0.504 e. The zero-order chi connectivity index (χ0) is 22.1. The lowest BCUT2D eigenvalue weighted by atomic mass is 9.73. The number of ketones is 1. The van der Waals surface area contributed by atoms with Crippen molar-refractivity contribution in [2.75, 3.05) is 21.3 Å². The van der Waals surface area contributed by atoms with Crippen molar-refractivity contribution in [3.63, 3.8) is 0 Å². The van der Waals surface area contributed by atoms with Crippen LogP contribution in [-0.4, -0.2) is 38.1 Å². The number of nitrogens with one attached hydrogen (secondary N) is 1. The third-order valence-electron chi connectivity index (χ3n) is 6.02. The van der Waals surface area contributed by atoms with Gasteiger partial charge in [0.2, 0.25) is 5.91 Å². The summed E-state index contributed by atoms with van der Waals surface area (Å²) in [6.45, 7) is 0. The normalized spacial score (nSPS) is 20.7. The van der Waals surface area contributed by atoms with Crippen molar-refractivity contribution in [1.29, 1.82) is 0 Å². The van der Waals surface area contributed by atoms with Crippen LogP contribution in [0, 0.1) is 0 Å². The third-order valence-corrected chi connectivity index (χ3v) is 6.02. The van der Waals surface area contributed by atoms with Gasteiger partial charge >= 0.3 is 0 Å². The van der Waals surface area contributed by atoms with E-state index in [1.165, 1.54) is 13.2 Å². The van der Waals surface area contributed by atoms with Crippen LogP contribution in [0.4, 0.5) is 0 Å². The Bertz CT molecular complexity index is 1070. The van der Waals surface area contributed by atoms with Gasteiger partial charge in [0.1, 0.15) is 0 Å². The lowest BCUT2D eigenvalue weighted by Crippen LogP contribution is -2.38. The first-order chi connectivity index (χ1) is 14.9. The second-order valence-corrected chi connectivity index (χ2v) is 7.77. The number of carbonyl (C=O) groups is 2. The molecule has 4 rings (SSSR count). The highest BCUT2D eigenvalue weighted by molar-refractivity contribution is 6.02. The molecule has 31 heavy (non-hydrogen) atoms. The summed E-state index contributed by atoms with van der Waals surface area (Å²) in [7, 11) is 4.62. The third kappa shape index (κ3) is 3.83. The van der Waals surface area contributed by atoms with E-state index in [1.807, 2.05) is 18.2 Å². The summed E-state index contributed by atoms with van der Waals surface area (Å²) in [5.74, 6) is 1.02. The van der Waals surface area contributed by atoms with E-state index in [2.05, 4.69) is 5.32 Å². The average molecular weight is 423 g/mol. The van der Waals surface area contributed by atoms with E-state index >= 15 is 0 Å². The first kappa shape index (κ1) is 20.8. The number of hydrogen-bond acceptors (Lipinski definition) is 6. The van der Waals surface area contributed by atoms with E-state index in [1.54, 1.807) is 26.4 Å². The summed E-state index contributed by atoms with van der Waals surface area (Å²) in [5, 5.41) is 12.8. The fourth-order valence-electron chi connectivity index (χ4n) is 4.50. The van der Waals surface area contributed by atoms with E-state index in [9.17, 15) is 14.7 Å². The van der Waals surface area contributed by atoms with Gasteiger partial charge in [-0.15, -0.1) is 0 Å². The van der Waals surface area contributed by atoms with E-state index in [0.717, 1.165) is 11.1 Å². The maximum absolute atomic E-state index is 13.3. The summed E-state index contributed by atoms with van der Waals surface area (Å²) < 4.78 is 15.9. The molecule has 2 aromatic carbocycles. The molecule has 1 amide bonds. The highest BCUT2D eigenvalue weighted by Crippen LogP contribution is 2.44. The lowest BCUT2D eigenvalue weighted by Gasteiger charge is -2.34. The van der Waals surface area contributed by atoms with Crippen molar-refractivity contribution in [2.24, 2.45) is 0 Å². The predicted octanol–water partition coefficient (Wildman–Crippen LogP) is 3.42. The van der Waals surface area contributed by atoms with E-state index in [4.69, 9.17) is 14.2 Å². The molecule has 2 aromatic rings. The van der Waals surface area contributed by atoms with Gasteiger partial charge in [-0.1, -0.05) is 12.1 Å². The minimum absolute atomic E-state index is 0.0121. The van der Waals surface area contributed by atoms with E-state index in [0.29, 0.717) is 41.4 Å². The van der Waals surface area contributed by atoms with Crippen LogP contribution in [0.25, 0.3) is 0 Å². The molecule has 0 saturated carbocycles. The van der Waals surface area contributed by atoms with E-state index in [-0.39, 0.29) is 35.7 Å². The predicted molar refractivity (Wildman–Crippen MR) is 114 cm³/mol. The average Bonchev–Trinajstić information content (AvgIpc) is 2.78. The first-order valence-electron chi connectivity index (χ1n) is 10.1. The Morgan fingerprint density at radius 1 is 0.839 bits per heavy atom. The molecule has 0 fully saturated rings. The fraction of sp³-hybridized carbons (Fsp3) is 0.333. The molecule has 1 heterocycles. The molecular formula is C24H25NO6. The fourth-order valence-corrected chi connectivity index (χ4v) is 4.50. The summed E-state index contributed by atoms with van der Waals surface area (Å²) in [6, 6.07) is 10.6. The number of hydrogen-bond donors (Lipinski definition) is 2. The maximum Gasteiger partial charge on any atom is 0.225 e. The zero-order valence-electron chi connectivity index (χ0n) is 17.7. The van der Waals surface area contributed by atoms with Crippen molar-refractivity contribution in [2.45, 2.75) is 31.1 Å². The van der Waals surface area contributed by atoms with Gasteiger partial charge in [0.15, 0.2) is 28.8 Å². The monoisotopic (exact) mass is 423 g/mol. The quantitative estimate of drug-likeness (QED) is 0.765. The van der Waals surface area contributed by atoms with Gasteiger partial charge in [0, 0.05) is 30.0 Å². The van der Waals surface area contributed by atoms with Crippen LogP contribution < -0.4 is 19.5 Å². The number of aromatic hydroxyl groups is 1. The minimum atomic E-state index is -0.364. The van der Waals surface area contributed by atoms with Gasteiger partial charge in [-0.2, -0.15) is 0 Å². The first-order valence-corrected chi connectivity index (χ1v) is 10.1.